The van der Waals surface area contributed by atoms with Crippen molar-refractivity contribution in [3.8, 4) is 0 Å². The number of halogens is 1. The van der Waals surface area contributed by atoms with Gasteiger partial charge in [0.05, 0.1) is 6.61 Å². The van der Waals surface area contributed by atoms with Crippen molar-refractivity contribution in [1.82, 2.24) is 0 Å². The van der Waals surface area contributed by atoms with Crippen molar-refractivity contribution in [3.63, 3.8) is 0 Å². The van der Waals surface area contributed by atoms with E-state index in [1.54, 1.807) is 0 Å². The summed E-state index contributed by atoms with van der Waals surface area (Å²) in [5.41, 5.74) is 0. The molecule has 2 heteroatoms. The van der Waals surface area contributed by atoms with E-state index >= 15 is 0 Å². The van der Waals surface area contributed by atoms with Crippen LogP contribution in [-0.2, 0) is 4.74 Å². The summed E-state index contributed by atoms with van der Waals surface area (Å²) in [7, 11) is 0. The van der Waals surface area contributed by atoms with Gasteiger partial charge in [-0.3, -0.25) is 0 Å². The van der Waals surface area contributed by atoms with Crippen LogP contribution in [-0.4, -0.2) is 18.5 Å². The van der Waals surface area contributed by atoms with Gasteiger partial charge in [-0.05, 0) is 12.8 Å². The Balaban J connectivity index is 2.89. The van der Waals surface area contributed by atoms with Gasteiger partial charge < -0.3 is 4.74 Å². The Morgan fingerprint density at radius 3 is 1.53 bits per heavy atom. The summed E-state index contributed by atoms with van der Waals surface area (Å²) in [4.78, 5) is 0. The highest BCUT2D eigenvalue weighted by atomic mass is 79.9. The van der Waals surface area contributed by atoms with Crippen molar-refractivity contribution >= 4 is 15.9 Å². The van der Waals surface area contributed by atoms with E-state index in [4.69, 9.17) is 4.74 Å². The van der Waals surface area contributed by atoms with Crippen LogP contribution in [0.15, 0.2) is 12.7 Å². The lowest BCUT2D eigenvalue weighted by molar-refractivity contribution is 0.157. The minimum absolute atomic E-state index is 0.704. The zero-order chi connectivity index (χ0) is 14.0. The van der Waals surface area contributed by atoms with Crippen LogP contribution in [0.5, 0.6) is 0 Å². The van der Waals surface area contributed by atoms with E-state index in [9.17, 15) is 0 Å². The van der Waals surface area contributed by atoms with E-state index in [0.717, 1.165) is 6.61 Å². The fourth-order valence-electron chi connectivity index (χ4n) is 2.23. The number of rotatable bonds is 16. The van der Waals surface area contributed by atoms with E-state index in [-0.39, 0.29) is 0 Å². The quantitative estimate of drug-likeness (QED) is 0.184. The molecule has 0 aromatic carbocycles. The molecule has 0 bridgehead atoms. The number of ether oxygens (including phenoxy) is 1. The summed E-state index contributed by atoms with van der Waals surface area (Å²) in [6.07, 6.45) is 18.5. The molecule has 1 nitrogen and oxygen atoms in total. The summed E-state index contributed by atoms with van der Waals surface area (Å²) in [5.74, 6) is 0. The Kier molecular flexibility index (Phi) is 18.4. The molecule has 0 aromatic heterocycles. The van der Waals surface area contributed by atoms with Gasteiger partial charge in [-0.1, -0.05) is 86.2 Å². The van der Waals surface area contributed by atoms with Gasteiger partial charge >= 0.3 is 0 Å². The fourth-order valence-corrected chi connectivity index (χ4v) is 2.63. The maximum atomic E-state index is 5.36. The molecule has 19 heavy (non-hydrogen) atoms. The first-order valence-electron chi connectivity index (χ1n) is 8.16. The van der Waals surface area contributed by atoms with E-state index in [1.807, 2.05) is 6.08 Å². The topological polar surface area (TPSA) is 9.23 Å². The van der Waals surface area contributed by atoms with E-state index < -0.39 is 0 Å². The smallest absolute Gasteiger partial charge is 0.0644 e. The lowest BCUT2D eigenvalue weighted by Crippen LogP contribution is -1.93. The van der Waals surface area contributed by atoms with Crippen LogP contribution >= 0.6 is 15.9 Å². The van der Waals surface area contributed by atoms with Crippen LogP contribution < -0.4 is 0 Å². The molecule has 0 atom stereocenters. The van der Waals surface area contributed by atoms with Crippen LogP contribution in [0.4, 0.5) is 0 Å². The molecule has 0 spiro atoms. The third-order valence-corrected chi connectivity index (χ3v) is 3.97. The molecule has 0 radical (unpaired) electrons. The minimum atomic E-state index is 0.704. The zero-order valence-corrected chi connectivity index (χ0v) is 14.3. The molecular formula is C17H33BrO. The molecule has 0 aliphatic rings. The second-order valence-corrected chi connectivity index (χ2v) is 6.09. The molecule has 0 aromatic rings. The van der Waals surface area contributed by atoms with Crippen LogP contribution in [0.25, 0.3) is 0 Å². The summed E-state index contributed by atoms with van der Waals surface area (Å²) in [6.45, 7) is 5.24. The molecule has 0 aliphatic carbocycles. The molecule has 0 heterocycles. The molecule has 0 N–H and O–H groups in total. The van der Waals surface area contributed by atoms with Gasteiger partial charge in [0, 0.05) is 11.9 Å². The van der Waals surface area contributed by atoms with E-state index in [2.05, 4.69) is 22.5 Å². The molecule has 114 valence electrons. The maximum absolute atomic E-state index is 5.36. The fraction of sp³-hybridized carbons (Fsp3) is 0.882. The first-order valence-corrected chi connectivity index (χ1v) is 9.28. The summed E-state index contributed by atoms with van der Waals surface area (Å²) in [6, 6.07) is 0. The predicted octanol–water partition coefficient (Wildman–Crippen LogP) is 6.27. The Bertz CT molecular complexity index is 171. The van der Waals surface area contributed by atoms with Crippen LogP contribution in [0.2, 0.25) is 0 Å². The molecule has 0 rings (SSSR count). The number of hydrogen-bond donors (Lipinski definition) is 0. The highest BCUT2D eigenvalue weighted by Crippen LogP contribution is 2.12. The molecule has 0 amide bonds. The van der Waals surface area contributed by atoms with Gasteiger partial charge in [-0.15, -0.1) is 6.58 Å². The van der Waals surface area contributed by atoms with E-state index in [0.29, 0.717) is 6.61 Å². The summed E-state index contributed by atoms with van der Waals surface area (Å²) >= 11 is 3.48. The lowest BCUT2D eigenvalue weighted by Gasteiger charge is -2.03. The Labute approximate surface area is 129 Å². The SMILES string of the molecule is C=CCOCCCCCCCCCCCCCCBr. The van der Waals surface area contributed by atoms with Gasteiger partial charge in [0.2, 0.25) is 0 Å². The minimum Gasteiger partial charge on any atom is -0.377 e. The number of unbranched alkanes of at least 4 members (excludes halogenated alkanes) is 11. The van der Waals surface area contributed by atoms with Crippen molar-refractivity contribution < 1.29 is 4.74 Å². The van der Waals surface area contributed by atoms with Crippen molar-refractivity contribution in [1.29, 1.82) is 0 Å². The number of hydrogen-bond acceptors (Lipinski definition) is 1. The third kappa shape index (κ3) is 18.2. The van der Waals surface area contributed by atoms with E-state index in [1.165, 1.54) is 82.4 Å². The van der Waals surface area contributed by atoms with Crippen molar-refractivity contribution in [3.05, 3.63) is 12.7 Å². The standard InChI is InChI=1S/C17H33BrO/c1-2-16-19-17-14-12-10-8-6-4-3-5-7-9-11-13-15-18/h2H,1,3-17H2. The second kappa shape index (κ2) is 18.2. The average Bonchev–Trinajstić information content (AvgIpc) is 2.43. The Hall–Kier alpha value is 0.180. The highest BCUT2D eigenvalue weighted by molar-refractivity contribution is 9.09. The first kappa shape index (κ1) is 19.2. The van der Waals surface area contributed by atoms with Gasteiger partial charge in [-0.2, -0.15) is 0 Å². The van der Waals surface area contributed by atoms with Gasteiger partial charge in [0.25, 0.3) is 0 Å². The zero-order valence-electron chi connectivity index (χ0n) is 12.7. The normalized spacial score (nSPS) is 10.8. The summed E-state index contributed by atoms with van der Waals surface area (Å²) < 4.78 is 5.36. The predicted molar refractivity (Wildman–Crippen MR) is 90.2 cm³/mol. The van der Waals surface area contributed by atoms with Crippen LogP contribution in [0, 0.1) is 0 Å². The van der Waals surface area contributed by atoms with Crippen LogP contribution in [0.3, 0.4) is 0 Å². The molecule has 0 saturated heterocycles. The molecule has 0 fully saturated rings. The second-order valence-electron chi connectivity index (χ2n) is 5.30. The van der Waals surface area contributed by atoms with Gasteiger partial charge in [-0.25, -0.2) is 0 Å². The summed E-state index contributed by atoms with van der Waals surface area (Å²) in [5, 5.41) is 1.17. The monoisotopic (exact) mass is 332 g/mol. The Morgan fingerprint density at radius 2 is 1.11 bits per heavy atom. The molecule has 0 unspecified atom stereocenters. The highest BCUT2D eigenvalue weighted by Gasteiger charge is 1.93. The molecule has 0 saturated carbocycles. The van der Waals surface area contributed by atoms with Crippen molar-refractivity contribution in [2.24, 2.45) is 0 Å². The first-order chi connectivity index (χ1) is 9.41. The van der Waals surface area contributed by atoms with Crippen molar-refractivity contribution in [2.45, 2.75) is 77.0 Å². The molecular weight excluding hydrogens is 300 g/mol. The maximum Gasteiger partial charge on any atom is 0.0644 e. The molecule has 0 aliphatic heterocycles. The third-order valence-electron chi connectivity index (χ3n) is 3.41. The lowest BCUT2D eigenvalue weighted by atomic mass is 10.1. The van der Waals surface area contributed by atoms with Crippen molar-refractivity contribution in [2.75, 3.05) is 18.5 Å². The number of alkyl halides is 1. The van der Waals surface area contributed by atoms with Gasteiger partial charge in [0.1, 0.15) is 0 Å². The van der Waals surface area contributed by atoms with Crippen LogP contribution in [0.1, 0.15) is 77.0 Å². The van der Waals surface area contributed by atoms with Gasteiger partial charge in [0.15, 0.2) is 0 Å². The Morgan fingerprint density at radius 1 is 0.684 bits per heavy atom. The largest absolute Gasteiger partial charge is 0.377 e. The average molecular weight is 333 g/mol.